The van der Waals surface area contributed by atoms with Crippen LogP contribution in [0.15, 0.2) is 43.0 Å². The van der Waals surface area contributed by atoms with E-state index < -0.39 is 17.8 Å². The van der Waals surface area contributed by atoms with Crippen LogP contribution in [0.2, 0.25) is 5.02 Å². The molecule has 2 aliphatic heterocycles. The van der Waals surface area contributed by atoms with E-state index in [2.05, 4.69) is 52.0 Å². The van der Waals surface area contributed by atoms with Crippen molar-refractivity contribution in [1.82, 2.24) is 24.8 Å². The third-order valence-electron chi connectivity index (χ3n) is 10.3. The Balaban J connectivity index is 1.31. The first kappa shape index (κ1) is 32.9. The second kappa shape index (κ2) is 14.0. The molecule has 3 atom stereocenters. The number of likely N-dealkylation sites (N-methyl/N-ethyl adjacent to an activating group) is 1. The maximum atomic E-state index is 13.9. The van der Waals surface area contributed by atoms with Crippen LogP contribution >= 0.6 is 11.6 Å². The smallest absolute Gasteiger partial charge is 0.318 e. The number of carbonyl (C=O) groups is 1. The molecule has 4 heterocycles. The van der Waals surface area contributed by atoms with Gasteiger partial charge in [0, 0.05) is 60.8 Å². The molecule has 6 rings (SSSR count). The van der Waals surface area contributed by atoms with Gasteiger partial charge in [0.2, 0.25) is 6.54 Å². The Labute approximate surface area is 281 Å². The van der Waals surface area contributed by atoms with E-state index in [0.29, 0.717) is 56.3 Å². The van der Waals surface area contributed by atoms with Crippen molar-refractivity contribution in [2.45, 2.75) is 64.2 Å². The van der Waals surface area contributed by atoms with E-state index >= 15 is 0 Å². The summed E-state index contributed by atoms with van der Waals surface area (Å²) < 4.78 is 20.2. The van der Waals surface area contributed by atoms with Crippen LogP contribution in [0.1, 0.15) is 44.4 Å². The zero-order chi connectivity index (χ0) is 33.2. The first-order valence-corrected chi connectivity index (χ1v) is 16.8. The summed E-state index contributed by atoms with van der Waals surface area (Å²) in [6.45, 7) is 17.9. The summed E-state index contributed by atoms with van der Waals surface area (Å²) in [5.41, 5.74) is 2.80. The van der Waals surface area contributed by atoms with Gasteiger partial charge in [0.05, 0.1) is 29.1 Å². The Morgan fingerprint density at radius 2 is 2.02 bits per heavy atom. The van der Waals surface area contributed by atoms with Crippen molar-refractivity contribution in [3.63, 3.8) is 0 Å². The van der Waals surface area contributed by atoms with E-state index in [0.717, 1.165) is 39.5 Å². The molecule has 1 aromatic carbocycles. The first-order valence-electron chi connectivity index (χ1n) is 16.4. The second-order valence-corrected chi connectivity index (χ2v) is 13.4. The quantitative estimate of drug-likeness (QED) is 0.207. The summed E-state index contributed by atoms with van der Waals surface area (Å²) in [5.74, 6) is -0.319. The number of nitrogens with zero attached hydrogens (tertiary/aromatic N) is 8. The molecule has 3 aliphatic rings. The number of pyridine rings is 1. The largest absolute Gasteiger partial charge is 0.462 e. The predicted molar refractivity (Wildman–Crippen MR) is 182 cm³/mol. The molecule has 2 aromatic heterocycles. The van der Waals surface area contributed by atoms with Gasteiger partial charge >= 0.3 is 6.01 Å². The Morgan fingerprint density at radius 1 is 1.21 bits per heavy atom. The van der Waals surface area contributed by atoms with Crippen molar-refractivity contribution >= 4 is 39.8 Å². The fourth-order valence-corrected chi connectivity index (χ4v) is 7.31. The monoisotopic (exact) mass is 660 g/mol. The van der Waals surface area contributed by atoms with Crippen LogP contribution in [0.3, 0.4) is 0 Å². The minimum atomic E-state index is -1.02. The summed E-state index contributed by atoms with van der Waals surface area (Å²) in [6.07, 6.45) is 8.19. The number of benzene rings is 1. The molecule has 0 bridgehead atoms. The molecule has 12 heteroatoms. The number of aromatic nitrogens is 3. The van der Waals surface area contributed by atoms with E-state index in [1.807, 2.05) is 30.6 Å². The second-order valence-electron chi connectivity index (χ2n) is 13.0. The molecule has 3 aromatic rings. The average molecular weight is 661 g/mol. The Hall–Kier alpha value is -4.01. The molecule has 248 valence electrons. The molecule has 2 fully saturated rings. The van der Waals surface area contributed by atoms with Gasteiger partial charge in [-0.05, 0) is 52.1 Å². The van der Waals surface area contributed by atoms with Crippen molar-refractivity contribution in [3.05, 3.63) is 70.7 Å². The van der Waals surface area contributed by atoms with Crippen LogP contribution in [0, 0.1) is 12.5 Å². The van der Waals surface area contributed by atoms with Crippen molar-refractivity contribution < 1.29 is 13.9 Å². The lowest BCUT2D eigenvalue weighted by Gasteiger charge is -2.41. The Bertz CT molecular complexity index is 1690. The molecule has 0 unspecified atom stereocenters. The number of piperazine rings is 1. The van der Waals surface area contributed by atoms with Gasteiger partial charge in [0.15, 0.2) is 5.83 Å². The number of hydrogen-bond donors (Lipinski definition) is 0. The van der Waals surface area contributed by atoms with Gasteiger partial charge < -0.3 is 24.3 Å². The van der Waals surface area contributed by atoms with Gasteiger partial charge in [0.1, 0.15) is 18.5 Å². The third-order valence-corrected chi connectivity index (χ3v) is 10.6. The van der Waals surface area contributed by atoms with E-state index in [-0.39, 0.29) is 19.1 Å². The summed E-state index contributed by atoms with van der Waals surface area (Å²) in [4.78, 5) is 38.7. The summed E-state index contributed by atoms with van der Waals surface area (Å²) in [7, 11) is 2.15. The molecule has 1 aliphatic carbocycles. The van der Waals surface area contributed by atoms with Gasteiger partial charge in [-0.1, -0.05) is 36.7 Å². The van der Waals surface area contributed by atoms with Crippen LogP contribution in [-0.4, -0.2) is 95.2 Å². The predicted octanol–water partition coefficient (Wildman–Crippen LogP) is 5.55. The molecular weight excluding hydrogens is 619 g/mol. The highest BCUT2D eigenvalue weighted by Crippen LogP contribution is 2.37. The zero-order valence-electron chi connectivity index (χ0n) is 27.3. The van der Waals surface area contributed by atoms with Gasteiger partial charge in [-0.15, -0.1) is 0 Å². The lowest BCUT2D eigenvalue weighted by atomic mass is 9.79. The fraction of sp³-hybridized carbons (Fsp3) is 0.514. The lowest BCUT2D eigenvalue weighted by molar-refractivity contribution is -0.131. The Kier molecular flexibility index (Phi) is 9.80. The van der Waals surface area contributed by atoms with Gasteiger partial charge in [-0.2, -0.15) is 9.97 Å². The number of rotatable bonds is 10. The lowest BCUT2D eigenvalue weighted by Crippen LogP contribution is -2.57. The summed E-state index contributed by atoms with van der Waals surface area (Å²) >= 11 is 6.69. The fourth-order valence-electron chi connectivity index (χ4n) is 7.03. The highest BCUT2D eigenvalue weighted by atomic mass is 35.5. The highest BCUT2D eigenvalue weighted by Gasteiger charge is 2.36. The van der Waals surface area contributed by atoms with E-state index in [4.69, 9.17) is 32.9 Å². The van der Waals surface area contributed by atoms with Crippen molar-refractivity contribution in [2.75, 3.05) is 56.2 Å². The molecule has 0 N–H and O–H groups in total. The summed E-state index contributed by atoms with van der Waals surface area (Å²) in [6, 6.07) is 6.24. The van der Waals surface area contributed by atoms with E-state index in [1.54, 1.807) is 0 Å². The number of carbonyl (C=O) groups excluding carboxylic acids is 1. The number of amides is 1. The molecular formula is C35H42ClFN8O2. The molecule has 1 saturated heterocycles. The number of halogens is 2. The van der Waals surface area contributed by atoms with Crippen molar-refractivity contribution in [3.8, 4) is 6.01 Å². The van der Waals surface area contributed by atoms with Crippen LogP contribution < -0.4 is 14.5 Å². The SMILES string of the molecule is [C-]#[N+]C[C@H]1CN(c2nc(OC[C@@H](C)N(C)[C@H](C)C3CCC3)nc3c2CCN(c2cncc4cccc(Cl)c24)C3)CCN1C(=O)C(=C)F. The van der Waals surface area contributed by atoms with E-state index in [9.17, 15) is 9.18 Å². The van der Waals surface area contributed by atoms with Crippen LogP contribution in [-0.2, 0) is 17.8 Å². The number of hydrogen-bond acceptors (Lipinski definition) is 8. The first-order chi connectivity index (χ1) is 22.7. The molecule has 1 saturated carbocycles. The zero-order valence-corrected chi connectivity index (χ0v) is 28.1. The van der Waals surface area contributed by atoms with Crippen molar-refractivity contribution in [1.29, 1.82) is 0 Å². The molecule has 0 spiro atoms. The maximum absolute atomic E-state index is 13.9. The maximum Gasteiger partial charge on any atom is 0.318 e. The minimum Gasteiger partial charge on any atom is -0.462 e. The number of fused-ring (bicyclic) bond motifs is 2. The molecule has 10 nitrogen and oxygen atoms in total. The molecule has 0 radical (unpaired) electrons. The topological polar surface area (TPSA) is 82.3 Å². The van der Waals surface area contributed by atoms with Crippen LogP contribution in [0.5, 0.6) is 6.01 Å². The minimum absolute atomic E-state index is 0.0534. The van der Waals surface area contributed by atoms with Gasteiger partial charge in [-0.3, -0.25) is 14.7 Å². The van der Waals surface area contributed by atoms with Crippen LogP contribution in [0.25, 0.3) is 15.6 Å². The average Bonchev–Trinajstić information content (AvgIpc) is 3.05. The molecule has 1 amide bonds. The van der Waals surface area contributed by atoms with Gasteiger partial charge in [-0.25, -0.2) is 11.0 Å². The van der Waals surface area contributed by atoms with E-state index in [1.165, 1.54) is 24.2 Å². The third kappa shape index (κ3) is 6.72. The van der Waals surface area contributed by atoms with Crippen molar-refractivity contribution in [2.24, 2.45) is 5.92 Å². The van der Waals surface area contributed by atoms with Gasteiger partial charge in [0.25, 0.3) is 5.91 Å². The molecule has 47 heavy (non-hydrogen) atoms. The number of anilines is 2. The standard InChI is InChI=1S/C35H42ClFN8O2/c1-22(42(5)24(3)25-8-6-9-25)21-47-35-40-30-20-43(31-18-39-16-26-10-7-11-29(36)32(26)31)13-12-28(30)33(41-35)44-14-15-45(34(46)23(2)37)27(19-44)17-38-4/h7,10-11,16,18,22,24-25,27H,2,6,8-9,12-15,17,19-21H2,1,3,5H3/t22-,24-,27+/m1/s1. The highest BCUT2D eigenvalue weighted by molar-refractivity contribution is 6.36. The Morgan fingerprint density at radius 3 is 2.74 bits per heavy atom. The number of ether oxygens (including phenoxy) is 1. The normalized spacial score (nSPS) is 19.6. The van der Waals surface area contributed by atoms with Crippen LogP contribution in [0.4, 0.5) is 15.9 Å². The summed E-state index contributed by atoms with van der Waals surface area (Å²) in [5, 5.41) is 2.59.